The summed E-state index contributed by atoms with van der Waals surface area (Å²) in [6.45, 7) is 1.69. The van der Waals surface area contributed by atoms with E-state index in [0.29, 0.717) is 5.41 Å². The van der Waals surface area contributed by atoms with Gasteiger partial charge in [0.25, 0.3) is 0 Å². The lowest BCUT2D eigenvalue weighted by Gasteiger charge is -2.36. The van der Waals surface area contributed by atoms with Crippen molar-refractivity contribution in [1.29, 1.82) is 0 Å². The first-order valence-corrected chi connectivity index (χ1v) is 7.53. The Labute approximate surface area is 101 Å². The van der Waals surface area contributed by atoms with Gasteiger partial charge >= 0.3 is 0 Å². The fourth-order valence-electron chi connectivity index (χ4n) is 2.42. The standard InChI is InChI=1S/C10H21ClN2OS/c1-15(14)13-8-7-10(9-12-11)5-3-2-4-6-10/h12-13H,2-9H2,1H3. The Morgan fingerprint density at radius 1 is 1.33 bits per heavy atom. The highest BCUT2D eigenvalue weighted by molar-refractivity contribution is 7.88. The summed E-state index contributed by atoms with van der Waals surface area (Å²) in [6.07, 6.45) is 9.16. The minimum Gasteiger partial charge on any atom is -0.598 e. The summed E-state index contributed by atoms with van der Waals surface area (Å²) < 4.78 is 13.9. The first kappa shape index (κ1) is 13.6. The van der Waals surface area contributed by atoms with Gasteiger partial charge in [-0.25, -0.2) is 4.84 Å². The van der Waals surface area contributed by atoms with E-state index >= 15 is 0 Å². The van der Waals surface area contributed by atoms with Gasteiger partial charge in [0.05, 0.1) is 0 Å². The zero-order valence-corrected chi connectivity index (χ0v) is 10.9. The van der Waals surface area contributed by atoms with Crippen LogP contribution in [0.4, 0.5) is 0 Å². The number of hydrogen-bond acceptors (Lipinski definition) is 3. The van der Waals surface area contributed by atoms with Crippen LogP contribution in [0.2, 0.25) is 0 Å². The van der Waals surface area contributed by atoms with E-state index in [1.165, 1.54) is 32.1 Å². The summed E-state index contributed by atoms with van der Waals surface area (Å²) in [7, 11) is 0. The molecule has 0 saturated heterocycles. The zero-order valence-electron chi connectivity index (χ0n) is 9.35. The van der Waals surface area contributed by atoms with E-state index in [1.807, 2.05) is 0 Å². The maximum Gasteiger partial charge on any atom is 0.115 e. The second-order valence-electron chi connectivity index (χ2n) is 4.47. The molecule has 0 aromatic rings. The van der Waals surface area contributed by atoms with Crippen molar-refractivity contribution < 1.29 is 4.55 Å². The second kappa shape index (κ2) is 6.97. The van der Waals surface area contributed by atoms with Gasteiger partial charge in [-0.15, -0.1) is 4.72 Å². The summed E-state index contributed by atoms with van der Waals surface area (Å²) in [5.74, 6) is 0. The minimum atomic E-state index is -0.895. The van der Waals surface area contributed by atoms with Crippen molar-refractivity contribution in [2.24, 2.45) is 5.41 Å². The lowest BCUT2D eigenvalue weighted by atomic mass is 9.72. The van der Waals surface area contributed by atoms with Crippen LogP contribution in [0.25, 0.3) is 0 Å². The molecule has 0 heterocycles. The maximum absolute atomic E-state index is 10.9. The number of rotatable bonds is 6. The third-order valence-corrected chi connectivity index (χ3v) is 4.06. The molecule has 1 aliphatic rings. The van der Waals surface area contributed by atoms with Crippen LogP contribution in [0.15, 0.2) is 0 Å². The molecule has 15 heavy (non-hydrogen) atoms. The van der Waals surface area contributed by atoms with Crippen LogP contribution in [0.5, 0.6) is 0 Å². The van der Waals surface area contributed by atoms with Gasteiger partial charge in [-0.2, -0.15) is 0 Å². The largest absolute Gasteiger partial charge is 0.598 e. The molecule has 90 valence electrons. The van der Waals surface area contributed by atoms with Gasteiger partial charge in [0.1, 0.15) is 6.26 Å². The van der Waals surface area contributed by atoms with Crippen LogP contribution in [0.3, 0.4) is 0 Å². The summed E-state index contributed by atoms with van der Waals surface area (Å²) in [4.78, 5) is 2.78. The molecule has 0 spiro atoms. The van der Waals surface area contributed by atoms with Crippen molar-refractivity contribution in [2.75, 3.05) is 19.3 Å². The molecule has 0 bridgehead atoms. The lowest BCUT2D eigenvalue weighted by Crippen LogP contribution is -2.37. The van der Waals surface area contributed by atoms with E-state index in [-0.39, 0.29) is 0 Å². The molecule has 0 aromatic heterocycles. The SMILES string of the molecule is C[S+]([O-])NCCC1(CNCl)CCCCC1. The summed E-state index contributed by atoms with van der Waals surface area (Å²) >= 11 is 4.74. The van der Waals surface area contributed by atoms with Crippen molar-refractivity contribution in [3.8, 4) is 0 Å². The van der Waals surface area contributed by atoms with Crippen LogP contribution >= 0.6 is 11.8 Å². The van der Waals surface area contributed by atoms with Gasteiger partial charge in [0.2, 0.25) is 0 Å². The van der Waals surface area contributed by atoms with Crippen LogP contribution in [-0.4, -0.2) is 23.9 Å². The molecule has 1 atom stereocenters. The number of nitrogens with one attached hydrogen (secondary N) is 2. The molecule has 3 nitrogen and oxygen atoms in total. The molecule has 1 unspecified atom stereocenters. The molecular weight excluding hydrogens is 232 g/mol. The smallest absolute Gasteiger partial charge is 0.115 e. The van der Waals surface area contributed by atoms with Gasteiger partial charge in [0, 0.05) is 24.5 Å². The maximum atomic E-state index is 10.9. The van der Waals surface area contributed by atoms with Gasteiger partial charge < -0.3 is 4.55 Å². The molecule has 1 aliphatic carbocycles. The Bertz CT molecular complexity index is 169. The predicted octanol–water partition coefficient (Wildman–Crippen LogP) is 1.95. The molecule has 2 N–H and O–H groups in total. The summed E-state index contributed by atoms with van der Waals surface area (Å²) in [5, 5.41) is 0. The van der Waals surface area contributed by atoms with Gasteiger partial charge in [-0.05, 0) is 36.5 Å². The molecular formula is C10H21ClN2OS. The van der Waals surface area contributed by atoms with Crippen molar-refractivity contribution in [3.63, 3.8) is 0 Å². The first-order chi connectivity index (χ1) is 7.18. The molecule has 0 amide bonds. The monoisotopic (exact) mass is 252 g/mol. The minimum absolute atomic E-state index is 0.326. The average molecular weight is 253 g/mol. The normalized spacial score (nSPS) is 22.6. The highest BCUT2D eigenvalue weighted by Gasteiger charge is 2.31. The zero-order chi connectivity index (χ0) is 11.1. The topological polar surface area (TPSA) is 47.1 Å². The summed E-state index contributed by atoms with van der Waals surface area (Å²) in [5.41, 5.74) is 0.326. The molecule has 0 aliphatic heterocycles. The van der Waals surface area contributed by atoms with E-state index in [1.54, 1.807) is 6.26 Å². The van der Waals surface area contributed by atoms with Crippen LogP contribution in [-0.2, 0) is 11.4 Å². The number of hydrogen-bond donors (Lipinski definition) is 2. The number of halogens is 1. The highest BCUT2D eigenvalue weighted by Crippen LogP contribution is 2.38. The van der Waals surface area contributed by atoms with E-state index in [9.17, 15) is 4.55 Å². The molecule has 1 fully saturated rings. The Hall–Kier alpha value is 0.520. The molecule has 0 radical (unpaired) electrons. The van der Waals surface area contributed by atoms with Crippen molar-refractivity contribution in [1.82, 2.24) is 9.56 Å². The van der Waals surface area contributed by atoms with Crippen LogP contribution in [0, 0.1) is 5.41 Å². The molecule has 0 aromatic carbocycles. The third-order valence-electron chi connectivity index (χ3n) is 3.32. The van der Waals surface area contributed by atoms with Gasteiger partial charge in [-0.1, -0.05) is 19.3 Å². The van der Waals surface area contributed by atoms with Gasteiger partial charge in [-0.3, -0.25) is 0 Å². The van der Waals surface area contributed by atoms with E-state index in [4.69, 9.17) is 11.8 Å². The van der Waals surface area contributed by atoms with Crippen molar-refractivity contribution >= 4 is 23.1 Å². The summed E-state index contributed by atoms with van der Waals surface area (Å²) in [6, 6.07) is 0. The van der Waals surface area contributed by atoms with Crippen molar-refractivity contribution in [3.05, 3.63) is 0 Å². The van der Waals surface area contributed by atoms with E-state index in [2.05, 4.69) is 9.56 Å². The Kier molecular flexibility index (Phi) is 6.31. The predicted molar refractivity (Wildman–Crippen MR) is 66.1 cm³/mol. The lowest BCUT2D eigenvalue weighted by molar-refractivity contribution is 0.178. The highest BCUT2D eigenvalue weighted by atomic mass is 35.5. The fraction of sp³-hybridized carbons (Fsp3) is 1.00. The Balaban J connectivity index is 2.34. The van der Waals surface area contributed by atoms with Crippen LogP contribution < -0.4 is 9.56 Å². The molecule has 1 saturated carbocycles. The second-order valence-corrected chi connectivity index (χ2v) is 5.93. The third kappa shape index (κ3) is 4.91. The van der Waals surface area contributed by atoms with Gasteiger partial charge in [0.15, 0.2) is 0 Å². The quantitative estimate of drug-likeness (QED) is 0.561. The Morgan fingerprint density at radius 2 is 2.00 bits per heavy atom. The fourth-order valence-corrected chi connectivity index (χ4v) is 3.09. The van der Waals surface area contributed by atoms with Crippen LogP contribution in [0.1, 0.15) is 38.5 Å². The Morgan fingerprint density at radius 3 is 2.53 bits per heavy atom. The van der Waals surface area contributed by atoms with Crippen molar-refractivity contribution in [2.45, 2.75) is 38.5 Å². The van der Waals surface area contributed by atoms with E-state index in [0.717, 1.165) is 19.5 Å². The molecule has 1 rings (SSSR count). The molecule has 5 heteroatoms. The first-order valence-electron chi connectivity index (χ1n) is 5.59. The van der Waals surface area contributed by atoms with E-state index < -0.39 is 11.4 Å². The average Bonchev–Trinajstić information content (AvgIpc) is 2.19.